The van der Waals surface area contributed by atoms with Crippen molar-refractivity contribution < 1.29 is 4.79 Å². The van der Waals surface area contributed by atoms with Crippen LogP contribution in [0.5, 0.6) is 0 Å². The highest BCUT2D eigenvalue weighted by atomic mass is 35.5. The highest BCUT2D eigenvalue weighted by Crippen LogP contribution is 2.16. The Kier molecular flexibility index (Phi) is 7.75. The van der Waals surface area contributed by atoms with Crippen LogP contribution in [-0.2, 0) is 4.79 Å². The summed E-state index contributed by atoms with van der Waals surface area (Å²) in [5.74, 6) is 0.204. The van der Waals surface area contributed by atoms with Gasteiger partial charge in [-0.15, -0.1) is 12.4 Å². The number of amides is 1. The number of rotatable bonds is 4. The number of hydrogen-bond acceptors (Lipinski definition) is 3. The van der Waals surface area contributed by atoms with E-state index in [9.17, 15) is 4.79 Å². The molecule has 2 N–H and O–H groups in total. The Morgan fingerprint density at radius 3 is 2.65 bits per heavy atom. The number of carbonyl (C=O) groups is 1. The first-order valence-corrected chi connectivity index (χ1v) is 6.26. The average molecular weight is 264 g/mol. The van der Waals surface area contributed by atoms with Crippen LogP contribution in [0.2, 0.25) is 0 Å². The van der Waals surface area contributed by atoms with Gasteiger partial charge in [-0.05, 0) is 33.2 Å². The van der Waals surface area contributed by atoms with E-state index >= 15 is 0 Å². The third-order valence-corrected chi connectivity index (χ3v) is 3.53. The Labute approximate surface area is 111 Å². The molecule has 0 spiro atoms. The molecule has 0 radical (unpaired) electrons. The van der Waals surface area contributed by atoms with Gasteiger partial charge in [-0.2, -0.15) is 0 Å². The average Bonchev–Trinajstić information content (AvgIpc) is 2.28. The second-order valence-electron chi connectivity index (χ2n) is 4.95. The minimum Gasteiger partial charge on any atom is -0.342 e. The topological polar surface area (TPSA) is 49.6 Å². The lowest BCUT2D eigenvalue weighted by molar-refractivity contribution is -0.133. The van der Waals surface area contributed by atoms with E-state index < -0.39 is 0 Å². The molecule has 0 aromatic heterocycles. The highest BCUT2D eigenvalue weighted by Gasteiger charge is 2.24. The third kappa shape index (κ3) is 4.82. The molecule has 0 saturated carbocycles. The van der Waals surface area contributed by atoms with Crippen molar-refractivity contribution in [3.05, 3.63) is 0 Å². The Bertz CT molecular complexity index is 236. The van der Waals surface area contributed by atoms with Crippen LogP contribution in [0, 0.1) is 0 Å². The normalized spacial score (nSPS) is 21.1. The van der Waals surface area contributed by atoms with Gasteiger partial charge in [-0.1, -0.05) is 6.42 Å². The second kappa shape index (κ2) is 7.90. The first-order valence-electron chi connectivity index (χ1n) is 6.26. The highest BCUT2D eigenvalue weighted by molar-refractivity contribution is 5.85. The summed E-state index contributed by atoms with van der Waals surface area (Å²) in [6.45, 7) is 6.28. The number of hydrogen-bond donors (Lipinski definition) is 1. The van der Waals surface area contributed by atoms with E-state index in [0.29, 0.717) is 19.1 Å². The van der Waals surface area contributed by atoms with Gasteiger partial charge in [0, 0.05) is 25.7 Å². The van der Waals surface area contributed by atoms with Crippen molar-refractivity contribution in [2.45, 2.75) is 45.2 Å². The van der Waals surface area contributed by atoms with Gasteiger partial charge >= 0.3 is 0 Å². The Morgan fingerprint density at radius 2 is 2.12 bits per heavy atom. The van der Waals surface area contributed by atoms with Crippen molar-refractivity contribution in [2.75, 3.05) is 26.7 Å². The Morgan fingerprint density at radius 1 is 1.47 bits per heavy atom. The molecule has 17 heavy (non-hydrogen) atoms. The molecule has 0 aromatic carbocycles. The maximum Gasteiger partial charge on any atom is 0.236 e. The van der Waals surface area contributed by atoms with E-state index in [-0.39, 0.29) is 24.4 Å². The molecule has 1 heterocycles. The van der Waals surface area contributed by atoms with Crippen LogP contribution >= 0.6 is 12.4 Å². The molecule has 0 aromatic rings. The van der Waals surface area contributed by atoms with Gasteiger partial charge in [0.05, 0.1) is 6.54 Å². The summed E-state index contributed by atoms with van der Waals surface area (Å²) in [6.07, 6.45) is 3.57. The van der Waals surface area contributed by atoms with E-state index in [1.807, 2.05) is 25.8 Å². The number of halogens is 1. The summed E-state index contributed by atoms with van der Waals surface area (Å²) in [5, 5.41) is 0. The molecule has 1 rings (SSSR count). The van der Waals surface area contributed by atoms with Crippen LogP contribution in [0.1, 0.15) is 33.1 Å². The maximum atomic E-state index is 12.0. The summed E-state index contributed by atoms with van der Waals surface area (Å²) in [5.41, 5.74) is 5.74. The van der Waals surface area contributed by atoms with Crippen molar-refractivity contribution in [3.63, 3.8) is 0 Å². The molecular formula is C12H26ClN3O. The van der Waals surface area contributed by atoms with Gasteiger partial charge in [0.1, 0.15) is 0 Å². The van der Waals surface area contributed by atoms with Gasteiger partial charge < -0.3 is 10.6 Å². The molecule has 1 fully saturated rings. The lowest BCUT2D eigenvalue weighted by Gasteiger charge is -2.35. The summed E-state index contributed by atoms with van der Waals surface area (Å²) in [6, 6.07) is 0.673. The summed E-state index contributed by atoms with van der Waals surface area (Å²) < 4.78 is 0. The first-order chi connectivity index (χ1) is 7.56. The van der Waals surface area contributed by atoms with E-state index in [1.165, 1.54) is 12.8 Å². The molecule has 102 valence electrons. The standard InChI is InChI=1S/C12H25N3O.ClH/c1-10(2)14(3)12(16)9-15-7-5-4-6-11(15)8-13;/h10-11H,4-9,13H2,1-3H3;1H. The monoisotopic (exact) mass is 263 g/mol. The van der Waals surface area contributed by atoms with Crippen molar-refractivity contribution >= 4 is 18.3 Å². The van der Waals surface area contributed by atoms with Gasteiger partial charge in [0.2, 0.25) is 5.91 Å². The number of nitrogens with two attached hydrogens (primary N) is 1. The van der Waals surface area contributed by atoms with Crippen LogP contribution in [-0.4, -0.2) is 54.5 Å². The molecule has 1 atom stereocenters. The van der Waals surface area contributed by atoms with Crippen molar-refractivity contribution in [1.29, 1.82) is 0 Å². The van der Waals surface area contributed by atoms with E-state index in [2.05, 4.69) is 4.90 Å². The minimum absolute atomic E-state index is 0. The van der Waals surface area contributed by atoms with Crippen LogP contribution in [0.4, 0.5) is 0 Å². The van der Waals surface area contributed by atoms with Gasteiger partial charge in [-0.3, -0.25) is 9.69 Å². The van der Waals surface area contributed by atoms with Crippen LogP contribution in [0.15, 0.2) is 0 Å². The molecule has 1 aliphatic rings. The molecule has 1 aliphatic heterocycles. The lowest BCUT2D eigenvalue weighted by atomic mass is 10.0. The number of likely N-dealkylation sites (N-methyl/N-ethyl adjacent to an activating group) is 1. The molecule has 1 unspecified atom stereocenters. The predicted octanol–water partition coefficient (Wildman–Crippen LogP) is 1.09. The predicted molar refractivity (Wildman–Crippen MR) is 73.4 cm³/mol. The van der Waals surface area contributed by atoms with E-state index in [0.717, 1.165) is 13.0 Å². The lowest BCUT2D eigenvalue weighted by Crippen LogP contribution is -2.49. The second-order valence-corrected chi connectivity index (χ2v) is 4.95. The SMILES string of the molecule is CC(C)N(C)C(=O)CN1CCCCC1CN.Cl. The molecule has 4 nitrogen and oxygen atoms in total. The third-order valence-electron chi connectivity index (χ3n) is 3.53. The van der Waals surface area contributed by atoms with E-state index in [1.54, 1.807) is 0 Å². The van der Waals surface area contributed by atoms with Crippen LogP contribution in [0.3, 0.4) is 0 Å². The minimum atomic E-state index is 0. The van der Waals surface area contributed by atoms with Gasteiger partial charge in [0.25, 0.3) is 0 Å². The fourth-order valence-electron chi connectivity index (χ4n) is 2.11. The molecule has 0 aliphatic carbocycles. The van der Waals surface area contributed by atoms with Gasteiger partial charge in [0.15, 0.2) is 0 Å². The fourth-order valence-corrected chi connectivity index (χ4v) is 2.11. The van der Waals surface area contributed by atoms with Crippen molar-refractivity contribution in [1.82, 2.24) is 9.80 Å². The number of nitrogens with zero attached hydrogens (tertiary/aromatic N) is 2. The summed E-state index contributed by atoms with van der Waals surface area (Å²) in [4.78, 5) is 16.0. The molecule has 1 saturated heterocycles. The van der Waals surface area contributed by atoms with Gasteiger partial charge in [-0.25, -0.2) is 0 Å². The van der Waals surface area contributed by atoms with Crippen molar-refractivity contribution in [2.24, 2.45) is 5.73 Å². The van der Waals surface area contributed by atoms with Crippen LogP contribution < -0.4 is 5.73 Å². The summed E-state index contributed by atoms with van der Waals surface area (Å²) in [7, 11) is 1.87. The van der Waals surface area contributed by atoms with Crippen LogP contribution in [0.25, 0.3) is 0 Å². The Balaban J connectivity index is 0.00000256. The molecular weight excluding hydrogens is 238 g/mol. The zero-order valence-corrected chi connectivity index (χ0v) is 12.0. The number of piperidine rings is 1. The first kappa shape index (κ1) is 16.7. The molecule has 1 amide bonds. The zero-order chi connectivity index (χ0) is 12.1. The quantitative estimate of drug-likeness (QED) is 0.826. The Hall–Kier alpha value is -0.320. The molecule has 0 bridgehead atoms. The fraction of sp³-hybridized carbons (Fsp3) is 0.917. The van der Waals surface area contributed by atoms with Crippen molar-refractivity contribution in [3.8, 4) is 0 Å². The number of carbonyl (C=O) groups excluding carboxylic acids is 1. The zero-order valence-electron chi connectivity index (χ0n) is 11.2. The number of likely N-dealkylation sites (tertiary alicyclic amines) is 1. The summed E-state index contributed by atoms with van der Waals surface area (Å²) >= 11 is 0. The maximum absolute atomic E-state index is 12.0. The smallest absolute Gasteiger partial charge is 0.236 e. The molecule has 5 heteroatoms. The van der Waals surface area contributed by atoms with E-state index in [4.69, 9.17) is 5.73 Å². The largest absolute Gasteiger partial charge is 0.342 e.